The van der Waals surface area contributed by atoms with Crippen molar-refractivity contribution in [2.45, 2.75) is 6.92 Å². The first-order valence-electron chi connectivity index (χ1n) is 5.49. The molecule has 86 valence electrons. The minimum Gasteiger partial charge on any atom is -0.360 e. The van der Waals surface area contributed by atoms with Crippen molar-refractivity contribution >= 4 is 23.2 Å². The molecule has 1 amide bonds. The van der Waals surface area contributed by atoms with Crippen LogP contribution in [0.4, 0.5) is 5.69 Å². The van der Waals surface area contributed by atoms with Gasteiger partial charge in [0.2, 0.25) is 5.91 Å². The van der Waals surface area contributed by atoms with Crippen molar-refractivity contribution < 1.29 is 4.79 Å². The van der Waals surface area contributed by atoms with E-state index in [1.807, 2.05) is 36.1 Å². The Balaban J connectivity index is 2.10. The highest BCUT2D eigenvalue weighted by Gasteiger charge is 2.22. The van der Waals surface area contributed by atoms with Crippen LogP contribution in [0, 0.1) is 0 Å². The summed E-state index contributed by atoms with van der Waals surface area (Å²) in [6.45, 7) is 4.92. The lowest BCUT2D eigenvalue weighted by Crippen LogP contribution is -2.50. The summed E-state index contributed by atoms with van der Waals surface area (Å²) in [5.41, 5.74) is 1.02. The van der Waals surface area contributed by atoms with Crippen LogP contribution in [-0.2, 0) is 4.79 Å². The second-order valence-corrected chi connectivity index (χ2v) is 4.31. The Bertz CT molecular complexity index is 394. The molecule has 1 aromatic carbocycles. The van der Waals surface area contributed by atoms with Gasteiger partial charge in [-0.05, 0) is 25.1 Å². The molecule has 0 aromatic heterocycles. The molecule has 1 fully saturated rings. The zero-order valence-electron chi connectivity index (χ0n) is 9.32. The first-order valence-corrected chi connectivity index (χ1v) is 5.87. The van der Waals surface area contributed by atoms with Gasteiger partial charge < -0.3 is 9.80 Å². The van der Waals surface area contributed by atoms with Crippen molar-refractivity contribution in [3.8, 4) is 0 Å². The molecule has 0 spiro atoms. The van der Waals surface area contributed by atoms with Crippen molar-refractivity contribution in [3.63, 3.8) is 0 Å². The number of hydrogen-bond donors (Lipinski definition) is 0. The lowest BCUT2D eigenvalue weighted by atomic mass is 10.2. The molecule has 1 aliphatic heterocycles. The normalized spacial score (nSPS) is 16.8. The highest BCUT2D eigenvalue weighted by atomic mass is 35.5. The number of carbonyl (C=O) groups excluding carboxylic acids is 1. The summed E-state index contributed by atoms with van der Waals surface area (Å²) < 4.78 is 0. The van der Waals surface area contributed by atoms with Crippen LogP contribution < -0.4 is 4.90 Å². The molecule has 4 heteroatoms. The third kappa shape index (κ3) is 2.30. The molecule has 0 unspecified atom stereocenters. The second-order valence-electron chi connectivity index (χ2n) is 3.87. The molecule has 0 aliphatic carbocycles. The zero-order valence-corrected chi connectivity index (χ0v) is 10.1. The van der Waals surface area contributed by atoms with E-state index in [4.69, 9.17) is 11.6 Å². The van der Waals surface area contributed by atoms with Crippen LogP contribution in [0.1, 0.15) is 6.92 Å². The summed E-state index contributed by atoms with van der Waals surface area (Å²) >= 11 is 5.93. The second kappa shape index (κ2) is 4.74. The van der Waals surface area contributed by atoms with Gasteiger partial charge in [-0.2, -0.15) is 0 Å². The van der Waals surface area contributed by atoms with Crippen molar-refractivity contribution in [1.29, 1.82) is 0 Å². The maximum atomic E-state index is 11.7. The summed E-state index contributed by atoms with van der Waals surface area (Å²) in [5.74, 6) is 0.189. The van der Waals surface area contributed by atoms with Crippen molar-refractivity contribution in [3.05, 3.63) is 29.3 Å². The third-order valence-electron chi connectivity index (χ3n) is 2.87. The number of nitrogens with zero attached hydrogens (tertiary/aromatic N) is 2. The Morgan fingerprint density at radius 1 is 1.38 bits per heavy atom. The fourth-order valence-electron chi connectivity index (χ4n) is 1.94. The third-order valence-corrected chi connectivity index (χ3v) is 3.11. The number of anilines is 1. The fraction of sp³-hybridized carbons (Fsp3) is 0.417. The molecule has 1 heterocycles. The van der Waals surface area contributed by atoms with Crippen molar-refractivity contribution in [2.75, 3.05) is 31.1 Å². The molecule has 3 nitrogen and oxygen atoms in total. The molecule has 0 radical (unpaired) electrons. The number of piperazine rings is 1. The van der Waals surface area contributed by atoms with E-state index in [1.54, 1.807) is 0 Å². The predicted molar refractivity (Wildman–Crippen MR) is 65.9 cm³/mol. The van der Waals surface area contributed by atoms with Gasteiger partial charge >= 0.3 is 0 Å². The van der Waals surface area contributed by atoms with Gasteiger partial charge in [-0.15, -0.1) is 0 Å². The van der Waals surface area contributed by atoms with Crippen LogP contribution in [0.2, 0.25) is 5.02 Å². The van der Waals surface area contributed by atoms with Crippen molar-refractivity contribution in [2.24, 2.45) is 0 Å². The van der Waals surface area contributed by atoms with E-state index in [1.165, 1.54) is 0 Å². The molecule has 1 aromatic rings. The average Bonchev–Trinajstić information content (AvgIpc) is 2.29. The lowest BCUT2D eigenvalue weighted by molar-refractivity contribution is -0.130. The Morgan fingerprint density at radius 3 is 2.81 bits per heavy atom. The summed E-state index contributed by atoms with van der Waals surface area (Å²) in [6, 6.07) is 7.64. The van der Waals surface area contributed by atoms with E-state index in [2.05, 4.69) is 4.90 Å². The topological polar surface area (TPSA) is 23.6 Å². The maximum Gasteiger partial charge on any atom is 0.242 e. The number of amides is 1. The number of carbonyl (C=O) groups is 1. The first-order chi connectivity index (χ1) is 7.70. The van der Waals surface area contributed by atoms with E-state index >= 15 is 0 Å². The van der Waals surface area contributed by atoms with Gasteiger partial charge in [-0.3, -0.25) is 4.79 Å². The Hall–Kier alpha value is -1.22. The van der Waals surface area contributed by atoms with Crippen LogP contribution in [0.3, 0.4) is 0 Å². The Labute approximate surface area is 101 Å². The number of halogens is 1. The monoisotopic (exact) mass is 238 g/mol. The van der Waals surface area contributed by atoms with E-state index in [0.717, 1.165) is 25.3 Å². The highest BCUT2D eigenvalue weighted by Crippen LogP contribution is 2.20. The molecule has 0 N–H and O–H groups in total. The van der Waals surface area contributed by atoms with Crippen LogP contribution in [0.25, 0.3) is 0 Å². The van der Waals surface area contributed by atoms with Gasteiger partial charge in [0.25, 0.3) is 0 Å². The summed E-state index contributed by atoms with van der Waals surface area (Å²) in [5, 5.41) is 0.711. The smallest absolute Gasteiger partial charge is 0.242 e. The van der Waals surface area contributed by atoms with Gasteiger partial charge in [0, 0.05) is 30.3 Å². The molecular formula is C12H15ClN2O. The van der Waals surface area contributed by atoms with Gasteiger partial charge in [0.1, 0.15) is 0 Å². The molecule has 0 atom stereocenters. The van der Waals surface area contributed by atoms with Crippen LogP contribution in [-0.4, -0.2) is 37.0 Å². The SMILES string of the molecule is CCN1CCN(c2cccc(Cl)c2)CC1=O. The number of hydrogen-bond acceptors (Lipinski definition) is 2. The van der Waals surface area contributed by atoms with Crippen LogP contribution >= 0.6 is 11.6 Å². The molecule has 16 heavy (non-hydrogen) atoms. The van der Waals surface area contributed by atoms with Gasteiger partial charge in [0.15, 0.2) is 0 Å². The minimum absolute atomic E-state index is 0.189. The van der Waals surface area contributed by atoms with E-state index in [0.29, 0.717) is 11.6 Å². The van der Waals surface area contributed by atoms with E-state index in [9.17, 15) is 4.79 Å². The summed E-state index contributed by atoms with van der Waals surface area (Å²) in [6.07, 6.45) is 0. The molecule has 1 aliphatic rings. The maximum absolute atomic E-state index is 11.7. The Kier molecular flexibility index (Phi) is 3.34. The van der Waals surface area contributed by atoms with Crippen LogP contribution in [0.15, 0.2) is 24.3 Å². The van der Waals surface area contributed by atoms with Gasteiger partial charge in [-0.25, -0.2) is 0 Å². The quantitative estimate of drug-likeness (QED) is 0.787. The average molecular weight is 239 g/mol. The van der Waals surface area contributed by atoms with Gasteiger partial charge in [0.05, 0.1) is 6.54 Å². The van der Waals surface area contributed by atoms with E-state index in [-0.39, 0.29) is 5.91 Å². The molecule has 1 saturated heterocycles. The van der Waals surface area contributed by atoms with Crippen LogP contribution in [0.5, 0.6) is 0 Å². The Morgan fingerprint density at radius 2 is 2.19 bits per heavy atom. The fourth-order valence-corrected chi connectivity index (χ4v) is 2.12. The van der Waals surface area contributed by atoms with Crippen molar-refractivity contribution in [1.82, 2.24) is 4.90 Å². The molecule has 0 bridgehead atoms. The minimum atomic E-state index is 0.189. The molecular weight excluding hydrogens is 224 g/mol. The predicted octanol–water partition coefficient (Wildman–Crippen LogP) is 2.01. The largest absolute Gasteiger partial charge is 0.360 e. The molecule has 0 saturated carbocycles. The first kappa shape index (κ1) is 11.3. The lowest BCUT2D eigenvalue weighted by Gasteiger charge is -2.35. The van der Waals surface area contributed by atoms with Gasteiger partial charge in [-0.1, -0.05) is 17.7 Å². The highest BCUT2D eigenvalue weighted by molar-refractivity contribution is 6.30. The summed E-state index contributed by atoms with van der Waals surface area (Å²) in [7, 11) is 0. The number of likely N-dealkylation sites (N-methyl/N-ethyl adjacent to an activating group) is 1. The number of benzene rings is 1. The molecule has 2 rings (SSSR count). The zero-order chi connectivity index (χ0) is 11.5. The number of rotatable bonds is 2. The summed E-state index contributed by atoms with van der Waals surface area (Å²) in [4.78, 5) is 15.7. The van der Waals surface area contributed by atoms with E-state index < -0.39 is 0 Å². The standard InChI is InChI=1S/C12H15ClN2O/c1-2-14-6-7-15(9-12(14)16)11-5-3-4-10(13)8-11/h3-5,8H,2,6-7,9H2,1H3.